The molecule has 2 aromatic rings. The van der Waals surface area contributed by atoms with E-state index < -0.39 is 12.0 Å². The average molecular weight is 478 g/mol. The van der Waals surface area contributed by atoms with Gasteiger partial charge in [0.05, 0.1) is 18.2 Å². The zero-order valence-electron chi connectivity index (χ0n) is 20.1. The van der Waals surface area contributed by atoms with Gasteiger partial charge in [-0.1, -0.05) is 48.5 Å². The SMILES string of the molecule is CCOC(=O)C1=C(CN2CCN(C(=O)Nc3ccccc3)CC2)N(C)C(=O)N[C@@H]1c1ccccc1. The van der Waals surface area contributed by atoms with E-state index in [-0.39, 0.29) is 18.7 Å². The van der Waals surface area contributed by atoms with Crippen LogP contribution in [0.1, 0.15) is 18.5 Å². The van der Waals surface area contributed by atoms with E-state index in [0.29, 0.717) is 44.0 Å². The molecule has 0 bridgehead atoms. The fraction of sp³-hybridized carbons (Fsp3) is 0.346. The topological polar surface area (TPSA) is 94.2 Å². The summed E-state index contributed by atoms with van der Waals surface area (Å²) in [6, 6.07) is 17.8. The van der Waals surface area contributed by atoms with Crippen molar-refractivity contribution in [3.63, 3.8) is 0 Å². The number of hydrogen-bond acceptors (Lipinski definition) is 5. The molecule has 9 heteroatoms. The molecular weight excluding hydrogens is 446 g/mol. The lowest BCUT2D eigenvalue weighted by atomic mass is 9.94. The molecule has 0 spiro atoms. The number of ether oxygens (including phenoxy) is 1. The summed E-state index contributed by atoms with van der Waals surface area (Å²) in [5, 5.41) is 5.85. The summed E-state index contributed by atoms with van der Waals surface area (Å²) >= 11 is 0. The van der Waals surface area contributed by atoms with Crippen LogP contribution in [-0.4, -0.2) is 79.1 Å². The lowest BCUT2D eigenvalue weighted by molar-refractivity contribution is -0.139. The number of para-hydroxylation sites is 1. The Bertz CT molecular complexity index is 1080. The van der Waals surface area contributed by atoms with Gasteiger partial charge < -0.3 is 20.3 Å². The molecular formula is C26H31N5O4. The normalized spacial score (nSPS) is 18.8. The highest BCUT2D eigenvalue weighted by Gasteiger charge is 2.37. The first-order chi connectivity index (χ1) is 17.0. The van der Waals surface area contributed by atoms with E-state index in [4.69, 9.17) is 4.74 Å². The molecule has 0 aliphatic carbocycles. The number of nitrogens with one attached hydrogen (secondary N) is 2. The molecule has 4 amide bonds. The first-order valence-electron chi connectivity index (χ1n) is 11.8. The second-order valence-corrected chi connectivity index (χ2v) is 8.49. The van der Waals surface area contributed by atoms with Gasteiger partial charge in [-0.25, -0.2) is 14.4 Å². The van der Waals surface area contributed by atoms with Crippen molar-refractivity contribution < 1.29 is 19.1 Å². The van der Waals surface area contributed by atoms with Gasteiger partial charge in [0, 0.05) is 51.2 Å². The third-order valence-electron chi connectivity index (χ3n) is 6.26. The van der Waals surface area contributed by atoms with Crippen molar-refractivity contribution in [2.24, 2.45) is 0 Å². The highest BCUT2D eigenvalue weighted by atomic mass is 16.5. The molecule has 4 rings (SSSR count). The first kappa shape index (κ1) is 24.3. The molecule has 9 nitrogen and oxygen atoms in total. The molecule has 2 aromatic carbocycles. The summed E-state index contributed by atoms with van der Waals surface area (Å²) in [5.74, 6) is -0.441. The van der Waals surface area contributed by atoms with Crippen LogP contribution in [0.3, 0.4) is 0 Å². The van der Waals surface area contributed by atoms with Crippen LogP contribution >= 0.6 is 0 Å². The van der Waals surface area contributed by atoms with E-state index in [0.717, 1.165) is 11.3 Å². The number of nitrogens with zero attached hydrogens (tertiary/aromatic N) is 3. The van der Waals surface area contributed by atoms with Gasteiger partial charge in [-0.15, -0.1) is 0 Å². The quantitative estimate of drug-likeness (QED) is 0.624. The van der Waals surface area contributed by atoms with Crippen LogP contribution in [0.5, 0.6) is 0 Å². The summed E-state index contributed by atoms with van der Waals surface area (Å²) < 4.78 is 5.39. The van der Waals surface area contributed by atoms with Gasteiger partial charge in [0.15, 0.2) is 0 Å². The van der Waals surface area contributed by atoms with Crippen LogP contribution in [0.25, 0.3) is 0 Å². The van der Waals surface area contributed by atoms with Gasteiger partial charge in [0.25, 0.3) is 0 Å². The predicted molar refractivity (Wildman–Crippen MR) is 133 cm³/mol. The summed E-state index contributed by atoms with van der Waals surface area (Å²) in [6.07, 6.45) is 0. The van der Waals surface area contributed by atoms with Crippen LogP contribution in [0, 0.1) is 0 Å². The second-order valence-electron chi connectivity index (χ2n) is 8.49. The average Bonchev–Trinajstić information content (AvgIpc) is 2.88. The van der Waals surface area contributed by atoms with Gasteiger partial charge in [-0.2, -0.15) is 0 Å². The zero-order chi connectivity index (χ0) is 24.8. The third kappa shape index (κ3) is 5.63. The fourth-order valence-corrected chi connectivity index (χ4v) is 4.34. The Hall–Kier alpha value is -3.85. The summed E-state index contributed by atoms with van der Waals surface area (Å²) in [4.78, 5) is 43.9. The standard InChI is InChI=1S/C26H31N5O4/c1-3-35-24(32)22-21(29(2)25(33)28-23(22)19-10-6-4-7-11-19)18-30-14-16-31(17-15-30)26(34)27-20-12-8-5-9-13-20/h4-13,23H,3,14-18H2,1-2H3,(H,27,34)(H,28,33)/t23-/m1/s1. The molecule has 0 radical (unpaired) electrons. The highest BCUT2D eigenvalue weighted by molar-refractivity contribution is 5.95. The number of benzene rings is 2. The number of likely N-dealkylation sites (N-methyl/N-ethyl adjacent to an activating group) is 1. The largest absolute Gasteiger partial charge is 0.463 e. The van der Waals surface area contributed by atoms with E-state index in [1.807, 2.05) is 60.7 Å². The van der Waals surface area contributed by atoms with E-state index in [2.05, 4.69) is 15.5 Å². The molecule has 2 heterocycles. The van der Waals surface area contributed by atoms with Gasteiger partial charge >= 0.3 is 18.0 Å². The van der Waals surface area contributed by atoms with Crippen molar-refractivity contribution in [1.29, 1.82) is 0 Å². The van der Waals surface area contributed by atoms with Crippen LogP contribution in [0.2, 0.25) is 0 Å². The Kier molecular flexibility index (Phi) is 7.67. The lowest BCUT2D eigenvalue weighted by Crippen LogP contribution is -2.53. The maximum atomic E-state index is 13.1. The minimum absolute atomic E-state index is 0.138. The number of carbonyl (C=O) groups is 3. The molecule has 1 fully saturated rings. The second kappa shape index (κ2) is 11.1. The first-order valence-corrected chi connectivity index (χ1v) is 11.8. The number of urea groups is 2. The molecule has 0 unspecified atom stereocenters. The number of amides is 4. The molecule has 2 aliphatic rings. The lowest BCUT2D eigenvalue weighted by Gasteiger charge is -2.39. The summed E-state index contributed by atoms with van der Waals surface area (Å²) in [6.45, 7) is 4.72. The van der Waals surface area contributed by atoms with Crippen molar-refractivity contribution in [3.8, 4) is 0 Å². The number of hydrogen-bond donors (Lipinski definition) is 2. The summed E-state index contributed by atoms with van der Waals surface area (Å²) in [5.41, 5.74) is 2.62. The fourth-order valence-electron chi connectivity index (χ4n) is 4.34. The van der Waals surface area contributed by atoms with E-state index in [1.165, 1.54) is 4.90 Å². The minimum atomic E-state index is -0.591. The Morgan fingerprint density at radius 1 is 1.00 bits per heavy atom. The van der Waals surface area contributed by atoms with Gasteiger partial charge in [-0.3, -0.25) is 9.80 Å². The number of piperazine rings is 1. The van der Waals surface area contributed by atoms with Crippen molar-refractivity contribution in [3.05, 3.63) is 77.5 Å². The molecule has 1 atom stereocenters. The smallest absolute Gasteiger partial charge is 0.338 e. The van der Waals surface area contributed by atoms with Gasteiger partial charge in [0.2, 0.25) is 0 Å². The monoisotopic (exact) mass is 477 g/mol. The van der Waals surface area contributed by atoms with Crippen molar-refractivity contribution in [2.45, 2.75) is 13.0 Å². The van der Waals surface area contributed by atoms with Gasteiger partial charge in [0.1, 0.15) is 0 Å². The van der Waals surface area contributed by atoms with Crippen molar-refractivity contribution in [2.75, 3.05) is 51.7 Å². The van der Waals surface area contributed by atoms with Crippen LogP contribution in [0.4, 0.5) is 15.3 Å². The molecule has 2 aliphatic heterocycles. The maximum absolute atomic E-state index is 13.1. The highest BCUT2D eigenvalue weighted by Crippen LogP contribution is 2.31. The molecule has 0 aromatic heterocycles. The number of esters is 1. The Labute approximate surface area is 205 Å². The van der Waals surface area contributed by atoms with Gasteiger partial charge in [-0.05, 0) is 24.6 Å². The predicted octanol–water partition coefficient (Wildman–Crippen LogP) is 3.05. The molecule has 184 valence electrons. The van der Waals surface area contributed by atoms with E-state index in [1.54, 1.807) is 18.9 Å². The van der Waals surface area contributed by atoms with Crippen molar-refractivity contribution >= 4 is 23.7 Å². The van der Waals surface area contributed by atoms with Crippen LogP contribution < -0.4 is 10.6 Å². The Morgan fingerprint density at radius 2 is 1.63 bits per heavy atom. The summed E-state index contributed by atoms with van der Waals surface area (Å²) in [7, 11) is 1.66. The number of anilines is 1. The van der Waals surface area contributed by atoms with Crippen molar-refractivity contribution in [1.82, 2.24) is 20.0 Å². The zero-order valence-corrected chi connectivity index (χ0v) is 20.1. The Balaban J connectivity index is 1.51. The minimum Gasteiger partial charge on any atom is -0.463 e. The van der Waals surface area contributed by atoms with Crippen LogP contribution in [0.15, 0.2) is 71.9 Å². The van der Waals surface area contributed by atoms with Crippen LogP contribution in [-0.2, 0) is 9.53 Å². The van der Waals surface area contributed by atoms with E-state index in [9.17, 15) is 14.4 Å². The molecule has 1 saturated heterocycles. The third-order valence-corrected chi connectivity index (χ3v) is 6.26. The van der Waals surface area contributed by atoms with E-state index >= 15 is 0 Å². The molecule has 2 N–H and O–H groups in total. The number of carbonyl (C=O) groups excluding carboxylic acids is 3. The maximum Gasteiger partial charge on any atom is 0.338 e. The molecule has 0 saturated carbocycles. The molecule has 35 heavy (non-hydrogen) atoms. The number of rotatable bonds is 6. The Morgan fingerprint density at radius 3 is 2.26 bits per heavy atom.